The summed E-state index contributed by atoms with van der Waals surface area (Å²) in [4.78, 5) is 18.3. The molecule has 3 rings (SSSR count). The minimum absolute atomic E-state index is 0.103. The largest absolute Gasteiger partial charge is 0.395 e. The highest BCUT2D eigenvalue weighted by Gasteiger charge is 2.20. The Hall–Kier alpha value is -2.99. The van der Waals surface area contributed by atoms with Crippen molar-refractivity contribution < 1.29 is 14.4 Å². The normalized spacial score (nSPS) is 10.6. The molecular weight excluding hydrogens is 318 g/mol. The Morgan fingerprint density at radius 1 is 1.12 bits per heavy atom. The highest BCUT2D eigenvalue weighted by molar-refractivity contribution is 5.93. The van der Waals surface area contributed by atoms with Crippen molar-refractivity contribution in [1.82, 2.24) is 15.0 Å². The predicted octanol–water partition coefficient (Wildman–Crippen LogP) is 2.41. The van der Waals surface area contributed by atoms with Crippen molar-refractivity contribution in [1.29, 1.82) is 0 Å². The van der Waals surface area contributed by atoms with Crippen molar-refractivity contribution in [3.05, 3.63) is 72.2 Å². The maximum Gasteiger partial charge on any atom is 0.276 e. The summed E-state index contributed by atoms with van der Waals surface area (Å²) in [6.07, 6.45) is 4.02. The molecule has 6 nitrogen and oxygen atoms in total. The summed E-state index contributed by atoms with van der Waals surface area (Å²) in [7, 11) is 0. The van der Waals surface area contributed by atoms with Crippen LogP contribution in [0.15, 0.2) is 65.4 Å². The van der Waals surface area contributed by atoms with Crippen molar-refractivity contribution in [2.75, 3.05) is 19.7 Å². The molecule has 6 heteroatoms. The van der Waals surface area contributed by atoms with Crippen LogP contribution in [0.4, 0.5) is 0 Å². The first-order chi connectivity index (χ1) is 12.3. The van der Waals surface area contributed by atoms with Crippen LogP contribution in [0.1, 0.15) is 16.1 Å². The highest BCUT2D eigenvalue weighted by Crippen LogP contribution is 2.19. The summed E-state index contributed by atoms with van der Waals surface area (Å²) in [5.74, 6) is 0.229. The van der Waals surface area contributed by atoms with Gasteiger partial charge < -0.3 is 14.5 Å². The molecule has 0 radical (unpaired) electrons. The summed E-state index contributed by atoms with van der Waals surface area (Å²) in [5, 5.41) is 13.1. The summed E-state index contributed by atoms with van der Waals surface area (Å²) in [6, 6.07) is 15.1. The number of carbonyl (C=O) groups excluding carboxylic acids is 1. The molecule has 0 aliphatic rings. The van der Waals surface area contributed by atoms with Gasteiger partial charge >= 0.3 is 0 Å². The van der Waals surface area contributed by atoms with Gasteiger partial charge in [0.2, 0.25) is 0 Å². The Balaban J connectivity index is 1.71. The van der Waals surface area contributed by atoms with Gasteiger partial charge in [-0.2, -0.15) is 0 Å². The lowest BCUT2D eigenvalue weighted by atomic mass is 10.1. The van der Waals surface area contributed by atoms with E-state index in [2.05, 4.69) is 10.1 Å². The van der Waals surface area contributed by atoms with Gasteiger partial charge in [-0.05, 0) is 24.1 Å². The second-order valence-corrected chi connectivity index (χ2v) is 5.57. The minimum Gasteiger partial charge on any atom is -0.395 e. The molecule has 0 aliphatic heterocycles. The fraction of sp³-hybridized carbons (Fsp3) is 0.211. The number of hydrogen-bond donors (Lipinski definition) is 1. The van der Waals surface area contributed by atoms with Gasteiger partial charge in [0.15, 0.2) is 11.5 Å². The Kier molecular flexibility index (Phi) is 5.53. The third kappa shape index (κ3) is 4.30. The van der Waals surface area contributed by atoms with Crippen molar-refractivity contribution in [2.24, 2.45) is 0 Å². The number of nitrogens with zero attached hydrogens (tertiary/aromatic N) is 3. The predicted molar refractivity (Wildman–Crippen MR) is 92.9 cm³/mol. The van der Waals surface area contributed by atoms with Gasteiger partial charge in [0.05, 0.1) is 6.61 Å². The fourth-order valence-corrected chi connectivity index (χ4v) is 2.53. The second kappa shape index (κ2) is 8.21. The van der Waals surface area contributed by atoms with Gasteiger partial charge in [-0.15, -0.1) is 0 Å². The molecule has 3 aromatic rings. The quantitative estimate of drug-likeness (QED) is 0.716. The first kappa shape index (κ1) is 16.9. The van der Waals surface area contributed by atoms with Crippen LogP contribution in [0, 0.1) is 0 Å². The minimum atomic E-state index is -0.260. The average molecular weight is 337 g/mol. The van der Waals surface area contributed by atoms with E-state index in [0.29, 0.717) is 18.7 Å². The van der Waals surface area contributed by atoms with E-state index in [1.54, 1.807) is 29.4 Å². The number of rotatable bonds is 7. The van der Waals surface area contributed by atoms with Gasteiger partial charge in [0.1, 0.15) is 0 Å². The van der Waals surface area contributed by atoms with Gasteiger partial charge in [0.25, 0.3) is 5.91 Å². The molecule has 2 aromatic heterocycles. The molecule has 0 saturated carbocycles. The van der Waals surface area contributed by atoms with Gasteiger partial charge in [0, 0.05) is 37.1 Å². The second-order valence-electron chi connectivity index (χ2n) is 5.57. The average Bonchev–Trinajstić information content (AvgIpc) is 3.16. The molecule has 2 heterocycles. The maximum atomic E-state index is 12.7. The van der Waals surface area contributed by atoms with Crippen LogP contribution < -0.4 is 0 Å². The standard InChI is InChI=1S/C19H19N3O3/c23-12-11-22(10-8-15-5-2-1-3-6-15)19(24)17-13-18(25-21-17)16-7-4-9-20-14-16/h1-7,9,13-14,23H,8,10-12H2. The van der Waals surface area contributed by atoms with E-state index >= 15 is 0 Å². The Labute approximate surface area is 145 Å². The van der Waals surface area contributed by atoms with Crippen molar-refractivity contribution in [3.63, 3.8) is 0 Å². The number of aromatic nitrogens is 2. The van der Waals surface area contributed by atoms with Gasteiger partial charge in [-0.1, -0.05) is 35.5 Å². The fourth-order valence-electron chi connectivity index (χ4n) is 2.53. The summed E-state index contributed by atoms with van der Waals surface area (Å²) in [6.45, 7) is 0.646. The van der Waals surface area contributed by atoms with Crippen LogP contribution in [-0.2, 0) is 6.42 Å². The smallest absolute Gasteiger partial charge is 0.276 e. The summed E-state index contributed by atoms with van der Waals surface area (Å²) < 4.78 is 5.26. The molecule has 1 amide bonds. The van der Waals surface area contributed by atoms with Crippen LogP contribution in [0.25, 0.3) is 11.3 Å². The molecule has 25 heavy (non-hydrogen) atoms. The van der Waals surface area contributed by atoms with Gasteiger partial charge in [-0.25, -0.2) is 0 Å². The van der Waals surface area contributed by atoms with E-state index in [1.165, 1.54) is 0 Å². The molecule has 0 fully saturated rings. The van der Waals surface area contributed by atoms with Crippen LogP contribution in [-0.4, -0.2) is 45.8 Å². The first-order valence-electron chi connectivity index (χ1n) is 8.09. The Bertz CT molecular complexity index is 803. The topological polar surface area (TPSA) is 79.5 Å². The monoisotopic (exact) mass is 337 g/mol. The zero-order chi connectivity index (χ0) is 17.5. The van der Waals surface area contributed by atoms with E-state index in [0.717, 1.165) is 11.1 Å². The van der Waals surface area contributed by atoms with E-state index in [4.69, 9.17) is 4.52 Å². The van der Waals surface area contributed by atoms with Crippen LogP contribution in [0.2, 0.25) is 0 Å². The number of aliphatic hydroxyl groups is 1. The van der Waals surface area contributed by atoms with Gasteiger partial charge in [-0.3, -0.25) is 9.78 Å². The third-order valence-corrected chi connectivity index (χ3v) is 3.85. The molecule has 128 valence electrons. The van der Waals surface area contributed by atoms with Crippen molar-refractivity contribution >= 4 is 5.91 Å². The first-order valence-corrected chi connectivity index (χ1v) is 8.09. The molecule has 0 aliphatic carbocycles. The Morgan fingerprint density at radius 3 is 2.68 bits per heavy atom. The van der Waals surface area contributed by atoms with Crippen LogP contribution in [0.3, 0.4) is 0 Å². The van der Waals surface area contributed by atoms with Crippen molar-refractivity contribution in [3.8, 4) is 11.3 Å². The Morgan fingerprint density at radius 2 is 1.96 bits per heavy atom. The lowest BCUT2D eigenvalue weighted by Gasteiger charge is -2.20. The number of carbonyl (C=O) groups is 1. The molecule has 1 N–H and O–H groups in total. The van der Waals surface area contributed by atoms with E-state index in [-0.39, 0.29) is 24.8 Å². The number of hydrogen-bond acceptors (Lipinski definition) is 5. The van der Waals surface area contributed by atoms with Crippen LogP contribution in [0.5, 0.6) is 0 Å². The molecule has 0 bridgehead atoms. The zero-order valence-corrected chi connectivity index (χ0v) is 13.7. The number of pyridine rings is 1. The molecule has 1 aromatic carbocycles. The lowest BCUT2D eigenvalue weighted by Crippen LogP contribution is -2.35. The zero-order valence-electron chi connectivity index (χ0n) is 13.7. The van der Waals surface area contributed by atoms with E-state index in [9.17, 15) is 9.90 Å². The highest BCUT2D eigenvalue weighted by atomic mass is 16.5. The molecular formula is C19H19N3O3. The SMILES string of the molecule is O=C(c1cc(-c2cccnc2)on1)N(CCO)CCc1ccccc1. The lowest BCUT2D eigenvalue weighted by molar-refractivity contribution is 0.0713. The van der Waals surface area contributed by atoms with E-state index < -0.39 is 0 Å². The molecule has 0 spiro atoms. The number of amides is 1. The summed E-state index contributed by atoms with van der Waals surface area (Å²) in [5.41, 5.74) is 2.11. The van der Waals surface area contributed by atoms with Crippen molar-refractivity contribution in [2.45, 2.75) is 6.42 Å². The molecule has 0 saturated heterocycles. The van der Waals surface area contributed by atoms with Crippen LogP contribution >= 0.6 is 0 Å². The molecule has 0 unspecified atom stereocenters. The van der Waals surface area contributed by atoms with E-state index in [1.807, 2.05) is 36.4 Å². The molecule has 0 atom stereocenters. The third-order valence-electron chi connectivity index (χ3n) is 3.85. The number of benzene rings is 1. The summed E-state index contributed by atoms with van der Waals surface area (Å²) >= 11 is 0. The number of aliphatic hydroxyl groups excluding tert-OH is 1. The maximum absolute atomic E-state index is 12.7.